The molecule has 0 aliphatic heterocycles. The van der Waals surface area contributed by atoms with Gasteiger partial charge < -0.3 is 9.29 Å². The molecule has 0 fully saturated rings. The second-order valence-electron chi connectivity index (χ2n) is 8.25. The number of halogens is 6. The van der Waals surface area contributed by atoms with Crippen molar-refractivity contribution >= 4 is 63.6 Å². The van der Waals surface area contributed by atoms with Crippen molar-refractivity contribution in [3.63, 3.8) is 0 Å². The van der Waals surface area contributed by atoms with Crippen LogP contribution in [0.15, 0.2) is 49.8 Å². The zero-order valence-corrected chi connectivity index (χ0v) is 26.8. The lowest BCUT2D eigenvalue weighted by Gasteiger charge is -2.11. The van der Waals surface area contributed by atoms with Gasteiger partial charge in [-0.3, -0.25) is 0 Å². The van der Waals surface area contributed by atoms with Gasteiger partial charge in [-0.2, -0.15) is 21.6 Å². The van der Waals surface area contributed by atoms with Crippen molar-refractivity contribution in [2.45, 2.75) is 47.1 Å². The fraction of sp³-hybridized carbons (Fsp3) is 0.269. The van der Waals surface area contributed by atoms with Crippen LogP contribution in [0.2, 0.25) is 0 Å². The second kappa shape index (κ2) is 13.8. The minimum Gasteiger partial charge on any atom is -0.508 e. The standard InChI is InChI=1S/C9H8BrF3O3S.C9H8BrN.C8H9BrO/c1-5-3-7(4-6(2)8(5)10)16-17(14,15)9(11,12)13;1-6-4-8(11-3)5-7(2)9(6)10;1-5-3-7(10)4-6(2)8(5)9/h3-4H,1-2H3;4-5H,1-2H3;3-4,10H,1-2H3. The molecule has 0 atom stereocenters. The van der Waals surface area contributed by atoms with Crippen LogP contribution in [0.25, 0.3) is 4.85 Å². The van der Waals surface area contributed by atoms with Gasteiger partial charge in [0.2, 0.25) is 0 Å². The van der Waals surface area contributed by atoms with Crippen molar-refractivity contribution in [3.05, 3.63) is 94.6 Å². The minimum atomic E-state index is -5.61. The highest BCUT2D eigenvalue weighted by Gasteiger charge is 2.48. The van der Waals surface area contributed by atoms with Gasteiger partial charge in [-0.25, -0.2) is 4.85 Å². The van der Waals surface area contributed by atoms with E-state index in [9.17, 15) is 21.6 Å². The third-order valence-electron chi connectivity index (χ3n) is 4.87. The molecule has 1 N–H and O–H groups in total. The molecule has 5 nitrogen and oxygen atoms in total. The molecule has 3 rings (SSSR count). The van der Waals surface area contributed by atoms with Crippen molar-refractivity contribution in [1.82, 2.24) is 0 Å². The molecule has 0 bridgehead atoms. The summed E-state index contributed by atoms with van der Waals surface area (Å²) in [6, 6.07) is 9.64. The van der Waals surface area contributed by atoms with Gasteiger partial charge in [0.25, 0.3) is 0 Å². The van der Waals surface area contributed by atoms with Crippen LogP contribution in [0.5, 0.6) is 11.5 Å². The predicted octanol–water partition coefficient (Wildman–Crippen LogP) is 9.68. The molecule has 0 saturated heterocycles. The summed E-state index contributed by atoms with van der Waals surface area (Å²) in [6.07, 6.45) is 0. The maximum absolute atomic E-state index is 12.1. The summed E-state index contributed by atoms with van der Waals surface area (Å²) in [4.78, 5) is 3.36. The number of alkyl halides is 3. The largest absolute Gasteiger partial charge is 0.534 e. The van der Waals surface area contributed by atoms with E-state index in [1.165, 1.54) is 12.1 Å². The topological polar surface area (TPSA) is 68.0 Å². The number of benzene rings is 3. The first-order valence-corrected chi connectivity index (χ1v) is 14.5. The molecule has 0 aliphatic rings. The van der Waals surface area contributed by atoms with Gasteiger partial charge in [-0.1, -0.05) is 59.9 Å². The molecular weight excluding hydrogens is 719 g/mol. The van der Waals surface area contributed by atoms with E-state index in [2.05, 4.69) is 56.8 Å². The predicted molar refractivity (Wildman–Crippen MR) is 154 cm³/mol. The summed E-state index contributed by atoms with van der Waals surface area (Å²) in [5.41, 5.74) is 0.821. The van der Waals surface area contributed by atoms with E-state index in [1.807, 2.05) is 39.8 Å². The smallest absolute Gasteiger partial charge is 0.508 e. The number of rotatable bonds is 2. The molecule has 3 aromatic carbocycles. The average Bonchev–Trinajstić information content (AvgIpc) is 2.78. The summed E-state index contributed by atoms with van der Waals surface area (Å²) in [5.74, 6) is -0.0290. The lowest BCUT2D eigenvalue weighted by Crippen LogP contribution is -2.28. The Kier molecular flexibility index (Phi) is 12.4. The first-order chi connectivity index (χ1) is 17.3. The molecule has 0 saturated carbocycles. The van der Waals surface area contributed by atoms with Crippen LogP contribution >= 0.6 is 47.8 Å². The molecule has 3 aromatic rings. The Morgan fingerprint density at radius 3 is 1.37 bits per heavy atom. The van der Waals surface area contributed by atoms with E-state index in [1.54, 1.807) is 26.0 Å². The Hall–Kier alpha value is -2.07. The first kappa shape index (κ1) is 34.0. The highest BCUT2D eigenvalue weighted by atomic mass is 79.9. The molecule has 206 valence electrons. The van der Waals surface area contributed by atoms with E-state index in [0.29, 0.717) is 27.0 Å². The second-order valence-corrected chi connectivity index (χ2v) is 12.2. The lowest BCUT2D eigenvalue weighted by atomic mass is 10.1. The van der Waals surface area contributed by atoms with E-state index >= 15 is 0 Å². The fourth-order valence-electron chi connectivity index (χ4n) is 3.04. The molecule has 0 aliphatic carbocycles. The SMILES string of the molecule is Cc1cc(O)cc(C)c1Br.Cc1cc(OS(=O)(=O)C(F)(F)F)cc(C)c1Br.[C-]#[N+]c1cc(C)c(Br)c(C)c1. The van der Waals surface area contributed by atoms with Crippen LogP contribution in [-0.2, 0) is 10.1 Å². The van der Waals surface area contributed by atoms with E-state index in [4.69, 9.17) is 11.7 Å². The van der Waals surface area contributed by atoms with Crippen LogP contribution in [0, 0.1) is 48.1 Å². The van der Waals surface area contributed by atoms with Gasteiger partial charge in [0.15, 0.2) is 5.69 Å². The maximum Gasteiger partial charge on any atom is 0.534 e. The Labute approximate surface area is 246 Å². The Morgan fingerprint density at radius 1 is 0.737 bits per heavy atom. The maximum atomic E-state index is 12.1. The molecular formula is C26H25Br3F3NO4S. The van der Waals surface area contributed by atoms with Gasteiger partial charge >= 0.3 is 15.6 Å². The van der Waals surface area contributed by atoms with Crippen LogP contribution in [0.3, 0.4) is 0 Å². The summed E-state index contributed by atoms with van der Waals surface area (Å²) in [7, 11) is -5.61. The Balaban J connectivity index is 0.000000299. The number of phenols is 1. The molecule has 0 amide bonds. The summed E-state index contributed by atoms with van der Waals surface area (Å²) < 4.78 is 64.6. The molecule has 12 heteroatoms. The molecule has 0 unspecified atom stereocenters. The highest BCUT2D eigenvalue weighted by molar-refractivity contribution is 9.11. The number of aryl methyl sites for hydroxylation is 6. The van der Waals surface area contributed by atoms with Crippen LogP contribution in [0.1, 0.15) is 33.4 Å². The average molecular weight is 744 g/mol. The first-order valence-electron chi connectivity index (χ1n) is 10.7. The summed E-state index contributed by atoms with van der Waals surface area (Å²) in [6.45, 7) is 17.9. The highest BCUT2D eigenvalue weighted by Crippen LogP contribution is 2.31. The van der Waals surface area contributed by atoms with Gasteiger partial charge in [0.1, 0.15) is 11.5 Å². The van der Waals surface area contributed by atoms with E-state index in [0.717, 1.165) is 31.2 Å². The third-order valence-corrected chi connectivity index (χ3v) is 9.60. The van der Waals surface area contributed by atoms with Crippen LogP contribution < -0.4 is 4.18 Å². The van der Waals surface area contributed by atoms with Gasteiger partial charge in [-0.05, 0) is 99.2 Å². The number of nitrogens with zero attached hydrogens (tertiary/aromatic N) is 1. The number of hydrogen-bond acceptors (Lipinski definition) is 4. The minimum absolute atomic E-state index is 0.332. The van der Waals surface area contributed by atoms with Gasteiger partial charge in [-0.15, -0.1) is 0 Å². The Bertz CT molecular complexity index is 1400. The molecule has 0 radical (unpaired) electrons. The van der Waals surface area contributed by atoms with E-state index in [-0.39, 0.29) is 5.75 Å². The zero-order valence-electron chi connectivity index (χ0n) is 21.3. The molecule has 0 heterocycles. The third kappa shape index (κ3) is 9.59. The monoisotopic (exact) mass is 741 g/mol. The van der Waals surface area contributed by atoms with Crippen molar-refractivity contribution < 1.29 is 30.9 Å². The van der Waals surface area contributed by atoms with Crippen molar-refractivity contribution in [3.8, 4) is 11.5 Å². The van der Waals surface area contributed by atoms with Crippen molar-refractivity contribution in [2.75, 3.05) is 0 Å². The Morgan fingerprint density at radius 2 is 1.05 bits per heavy atom. The molecule has 0 spiro atoms. The number of aromatic hydroxyl groups is 1. The lowest BCUT2D eigenvalue weighted by molar-refractivity contribution is -0.0500. The fourth-order valence-corrected chi connectivity index (χ4v) is 4.17. The van der Waals surface area contributed by atoms with Crippen LogP contribution in [-0.4, -0.2) is 19.0 Å². The van der Waals surface area contributed by atoms with Crippen molar-refractivity contribution in [2.24, 2.45) is 0 Å². The van der Waals surface area contributed by atoms with E-state index < -0.39 is 15.6 Å². The molecule has 38 heavy (non-hydrogen) atoms. The summed E-state index contributed by atoms with van der Waals surface area (Å²) >= 11 is 10.0. The van der Waals surface area contributed by atoms with Crippen molar-refractivity contribution in [1.29, 1.82) is 0 Å². The summed E-state index contributed by atoms with van der Waals surface area (Å²) in [5, 5.41) is 9.10. The van der Waals surface area contributed by atoms with Crippen LogP contribution in [0.4, 0.5) is 18.9 Å². The number of phenolic OH excluding ortho intramolecular Hbond substituents is 1. The normalized spacial score (nSPS) is 10.9. The van der Waals surface area contributed by atoms with Gasteiger partial charge in [0, 0.05) is 13.4 Å². The zero-order chi connectivity index (χ0) is 29.6. The quantitative estimate of drug-likeness (QED) is 0.161. The molecule has 0 aromatic heterocycles. The number of hydrogen-bond donors (Lipinski definition) is 1. The van der Waals surface area contributed by atoms with Gasteiger partial charge in [0.05, 0.1) is 6.57 Å².